The number of hydrogen-bond donors (Lipinski definition) is 3. The molecule has 1 unspecified atom stereocenters. The van der Waals surface area contributed by atoms with Crippen molar-refractivity contribution in [2.24, 2.45) is 0 Å². The SMILES string of the molecule is O=C1CC(C(=O)Nc2ccc(CCO)cc2)c2ccc(F)cc2N1. The Hall–Kier alpha value is -2.73. The summed E-state index contributed by atoms with van der Waals surface area (Å²) in [5.74, 6) is -1.75. The zero-order valence-electron chi connectivity index (χ0n) is 12.9. The van der Waals surface area contributed by atoms with Crippen LogP contribution in [-0.2, 0) is 16.0 Å². The second-order valence-electron chi connectivity index (χ2n) is 5.70. The van der Waals surface area contributed by atoms with Crippen LogP contribution < -0.4 is 10.6 Å². The van der Waals surface area contributed by atoms with Gasteiger partial charge in [0.05, 0.1) is 5.92 Å². The fourth-order valence-electron chi connectivity index (χ4n) is 2.78. The van der Waals surface area contributed by atoms with Crippen molar-refractivity contribution in [2.45, 2.75) is 18.8 Å². The molecule has 0 bridgehead atoms. The number of amides is 2. The standard InChI is InChI=1S/C18H17FN2O3/c19-12-3-6-14-15(10-17(23)21-16(14)9-12)18(24)20-13-4-1-11(2-5-13)7-8-22/h1-6,9,15,22H,7-8,10H2,(H,20,24)(H,21,23). The molecule has 2 aromatic carbocycles. The lowest BCUT2D eigenvalue weighted by atomic mass is 9.89. The number of rotatable bonds is 4. The smallest absolute Gasteiger partial charge is 0.232 e. The molecule has 5 nitrogen and oxygen atoms in total. The molecule has 2 amide bonds. The summed E-state index contributed by atoms with van der Waals surface area (Å²) in [6.07, 6.45) is 0.572. The van der Waals surface area contributed by atoms with Crippen molar-refractivity contribution < 1.29 is 19.1 Å². The van der Waals surface area contributed by atoms with Crippen LogP contribution in [0.2, 0.25) is 0 Å². The number of aliphatic hydroxyl groups excluding tert-OH is 1. The highest BCUT2D eigenvalue weighted by molar-refractivity contribution is 6.05. The number of fused-ring (bicyclic) bond motifs is 1. The summed E-state index contributed by atoms with van der Waals surface area (Å²) in [7, 11) is 0. The Bertz CT molecular complexity index is 774. The summed E-state index contributed by atoms with van der Waals surface area (Å²) >= 11 is 0. The van der Waals surface area contributed by atoms with Gasteiger partial charge in [0, 0.05) is 24.4 Å². The Morgan fingerprint density at radius 1 is 1.25 bits per heavy atom. The van der Waals surface area contributed by atoms with Crippen molar-refractivity contribution in [1.82, 2.24) is 0 Å². The van der Waals surface area contributed by atoms with Crippen LogP contribution >= 0.6 is 0 Å². The Kier molecular flexibility index (Phi) is 4.57. The molecule has 24 heavy (non-hydrogen) atoms. The first-order valence-corrected chi connectivity index (χ1v) is 7.67. The number of hydrogen-bond acceptors (Lipinski definition) is 3. The zero-order valence-corrected chi connectivity index (χ0v) is 12.9. The van der Waals surface area contributed by atoms with Gasteiger partial charge >= 0.3 is 0 Å². The summed E-state index contributed by atoms with van der Waals surface area (Å²) in [4.78, 5) is 24.3. The summed E-state index contributed by atoms with van der Waals surface area (Å²) in [6, 6.07) is 11.2. The van der Waals surface area contributed by atoms with E-state index in [4.69, 9.17) is 5.11 Å². The minimum Gasteiger partial charge on any atom is -0.396 e. The number of nitrogens with one attached hydrogen (secondary N) is 2. The van der Waals surface area contributed by atoms with Crippen LogP contribution in [0.5, 0.6) is 0 Å². The molecule has 0 aliphatic carbocycles. The average Bonchev–Trinajstić information content (AvgIpc) is 2.55. The van der Waals surface area contributed by atoms with Crippen LogP contribution in [0.4, 0.5) is 15.8 Å². The fourth-order valence-corrected chi connectivity index (χ4v) is 2.78. The largest absolute Gasteiger partial charge is 0.396 e. The van der Waals surface area contributed by atoms with Crippen LogP contribution in [0.25, 0.3) is 0 Å². The average molecular weight is 328 g/mol. The lowest BCUT2D eigenvalue weighted by Crippen LogP contribution is -2.30. The molecule has 0 saturated heterocycles. The Morgan fingerprint density at radius 3 is 2.71 bits per heavy atom. The van der Waals surface area contributed by atoms with E-state index in [1.807, 2.05) is 12.1 Å². The van der Waals surface area contributed by atoms with Crippen LogP contribution in [0, 0.1) is 5.82 Å². The quantitative estimate of drug-likeness (QED) is 0.806. The number of carbonyl (C=O) groups is 2. The van der Waals surface area contributed by atoms with Crippen molar-refractivity contribution in [2.75, 3.05) is 17.2 Å². The van der Waals surface area contributed by atoms with Gasteiger partial charge in [-0.2, -0.15) is 0 Å². The number of benzene rings is 2. The van der Waals surface area contributed by atoms with Gasteiger partial charge in [0.2, 0.25) is 11.8 Å². The van der Waals surface area contributed by atoms with E-state index in [1.54, 1.807) is 12.1 Å². The van der Waals surface area contributed by atoms with Crippen molar-refractivity contribution >= 4 is 23.2 Å². The van der Waals surface area contributed by atoms with E-state index < -0.39 is 11.7 Å². The predicted octanol–water partition coefficient (Wildman–Crippen LogP) is 2.42. The summed E-state index contributed by atoms with van der Waals surface area (Å²) in [5.41, 5.74) is 2.51. The van der Waals surface area contributed by atoms with E-state index in [0.29, 0.717) is 23.4 Å². The molecule has 2 aromatic rings. The molecule has 1 atom stereocenters. The van der Waals surface area contributed by atoms with Gasteiger partial charge < -0.3 is 15.7 Å². The lowest BCUT2D eigenvalue weighted by molar-refractivity contribution is -0.123. The van der Waals surface area contributed by atoms with Gasteiger partial charge in [-0.25, -0.2) is 4.39 Å². The van der Waals surface area contributed by atoms with Crippen molar-refractivity contribution in [1.29, 1.82) is 0 Å². The van der Waals surface area contributed by atoms with E-state index in [2.05, 4.69) is 10.6 Å². The molecule has 1 aliphatic heterocycles. The third-order valence-corrected chi connectivity index (χ3v) is 3.99. The molecule has 0 saturated carbocycles. The normalized spacial score (nSPS) is 16.2. The van der Waals surface area contributed by atoms with Gasteiger partial charge in [-0.1, -0.05) is 18.2 Å². The second kappa shape index (κ2) is 6.80. The van der Waals surface area contributed by atoms with Gasteiger partial charge in [0.25, 0.3) is 0 Å². The first-order valence-electron chi connectivity index (χ1n) is 7.67. The monoisotopic (exact) mass is 328 g/mol. The van der Waals surface area contributed by atoms with Crippen LogP contribution in [0.15, 0.2) is 42.5 Å². The summed E-state index contributed by atoms with van der Waals surface area (Å²) < 4.78 is 13.3. The maximum Gasteiger partial charge on any atom is 0.232 e. The first-order chi connectivity index (χ1) is 11.6. The van der Waals surface area contributed by atoms with E-state index in [9.17, 15) is 14.0 Å². The lowest BCUT2D eigenvalue weighted by Gasteiger charge is -2.25. The van der Waals surface area contributed by atoms with Crippen molar-refractivity contribution in [3.05, 3.63) is 59.4 Å². The van der Waals surface area contributed by atoms with Crippen molar-refractivity contribution in [3.8, 4) is 0 Å². The van der Waals surface area contributed by atoms with Crippen LogP contribution in [0.3, 0.4) is 0 Å². The predicted molar refractivity (Wildman–Crippen MR) is 88.2 cm³/mol. The third kappa shape index (κ3) is 3.44. The molecule has 0 radical (unpaired) electrons. The van der Waals surface area contributed by atoms with E-state index in [-0.39, 0.29) is 24.8 Å². The Labute approximate surface area is 138 Å². The highest BCUT2D eigenvalue weighted by Crippen LogP contribution is 2.33. The molecule has 1 aliphatic rings. The van der Waals surface area contributed by atoms with Gasteiger partial charge in [-0.05, 0) is 41.8 Å². The van der Waals surface area contributed by atoms with Crippen LogP contribution in [0.1, 0.15) is 23.5 Å². The first kappa shape index (κ1) is 16.1. The number of carbonyl (C=O) groups excluding carboxylic acids is 2. The van der Waals surface area contributed by atoms with E-state index in [1.165, 1.54) is 18.2 Å². The molecule has 3 rings (SSSR count). The van der Waals surface area contributed by atoms with Gasteiger partial charge in [0.15, 0.2) is 0 Å². The van der Waals surface area contributed by atoms with Crippen molar-refractivity contribution in [3.63, 3.8) is 0 Å². The summed E-state index contributed by atoms with van der Waals surface area (Å²) in [5, 5.41) is 14.3. The minimum atomic E-state index is -0.661. The molecule has 0 spiro atoms. The maximum atomic E-state index is 13.3. The van der Waals surface area contributed by atoms with Gasteiger partial charge in [-0.15, -0.1) is 0 Å². The Balaban J connectivity index is 1.79. The van der Waals surface area contributed by atoms with E-state index in [0.717, 1.165) is 5.56 Å². The van der Waals surface area contributed by atoms with Crippen LogP contribution in [-0.4, -0.2) is 23.5 Å². The molecular formula is C18H17FN2O3. The molecule has 124 valence electrons. The molecule has 6 heteroatoms. The number of halogens is 1. The van der Waals surface area contributed by atoms with Gasteiger partial charge in [0.1, 0.15) is 5.82 Å². The molecule has 0 aromatic heterocycles. The molecule has 1 heterocycles. The highest BCUT2D eigenvalue weighted by Gasteiger charge is 2.30. The number of anilines is 2. The second-order valence-corrected chi connectivity index (χ2v) is 5.70. The molecular weight excluding hydrogens is 311 g/mol. The van der Waals surface area contributed by atoms with E-state index >= 15 is 0 Å². The fraction of sp³-hybridized carbons (Fsp3) is 0.222. The summed E-state index contributed by atoms with van der Waals surface area (Å²) in [6.45, 7) is 0.0657. The zero-order chi connectivity index (χ0) is 17.1. The minimum absolute atomic E-state index is 0.0209. The molecule has 3 N–H and O–H groups in total. The topological polar surface area (TPSA) is 78.4 Å². The maximum absolute atomic E-state index is 13.3. The number of aliphatic hydroxyl groups is 1. The highest BCUT2D eigenvalue weighted by atomic mass is 19.1. The van der Waals surface area contributed by atoms with Gasteiger partial charge in [-0.3, -0.25) is 9.59 Å². The Morgan fingerprint density at radius 2 is 2.00 bits per heavy atom. The third-order valence-electron chi connectivity index (χ3n) is 3.99. The molecule has 0 fully saturated rings.